The van der Waals surface area contributed by atoms with E-state index in [0.29, 0.717) is 33.2 Å². The number of benzene rings is 2. The fourth-order valence-corrected chi connectivity index (χ4v) is 5.43. The first-order valence-electron chi connectivity index (χ1n) is 9.26. The highest BCUT2D eigenvalue weighted by atomic mass is 35.5. The van der Waals surface area contributed by atoms with Crippen molar-refractivity contribution in [3.05, 3.63) is 50.8 Å². The second kappa shape index (κ2) is 8.86. The van der Waals surface area contributed by atoms with Gasteiger partial charge in [0.15, 0.2) is 11.5 Å². The van der Waals surface area contributed by atoms with E-state index in [2.05, 4.69) is 5.43 Å². The van der Waals surface area contributed by atoms with E-state index >= 15 is 0 Å². The van der Waals surface area contributed by atoms with Gasteiger partial charge in [-0.3, -0.25) is 15.0 Å². The number of hydrogen-bond acceptors (Lipinski definition) is 6. The maximum absolute atomic E-state index is 13.0. The molecule has 2 aromatic carbocycles. The lowest BCUT2D eigenvalue weighted by molar-refractivity contribution is -0.149. The molecule has 11 heteroatoms. The summed E-state index contributed by atoms with van der Waals surface area (Å²) in [5, 5.41) is 1.74. The molecule has 0 bridgehead atoms. The Morgan fingerprint density at radius 1 is 1.06 bits per heavy atom. The molecule has 1 saturated heterocycles. The van der Waals surface area contributed by atoms with E-state index in [1.807, 2.05) is 0 Å². The summed E-state index contributed by atoms with van der Waals surface area (Å²) in [5.41, 5.74) is 3.23. The van der Waals surface area contributed by atoms with Crippen LogP contribution in [0.1, 0.15) is 21.3 Å². The number of halogens is 3. The van der Waals surface area contributed by atoms with E-state index in [0.717, 1.165) is 4.70 Å². The molecular weight excluding hydrogens is 499 g/mol. The largest absolute Gasteiger partial charge is 0.493 e. The quantitative estimate of drug-likeness (QED) is 0.366. The van der Waals surface area contributed by atoms with Gasteiger partial charge in [0.25, 0.3) is 11.8 Å². The Hall–Kier alpha value is -2.39. The van der Waals surface area contributed by atoms with Gasteiger partial charge in [-0.05, 0) is 35.9 Å². The van der Waals surface area contributed by atoms with Crippen LogP contribution >= 0.6 is 46.1 Å². The fraction of sp³-hybridized carbons (Fsp3) is 0.238. The van der Waals surface area contributed by atoms with Crippen LogP contribution in [0.15, 0.2) is 30.3 Å². The lowest BCUT2D eigenvalue weighted by Gasteiger charge is -2.44. The first-order valence-corrected chi connectivity index (χ1v) is 11.3. The molecule has 3 aromatic rings. The molecule has 1 fully saturated rings. The molecule has 2 amide bonds. The number of amides is 2. The molecule has 32 heavy (non-hydrogen) atoms. The molecule has 168 valence electrons. The average Bonchev–Trinajstić information content (AvgIpc) is 3.13. The van der Waals surface area contributed by atoms with Gasteiger partial charge in [-0.1, -0.05) is 23.2 Å². The van der Waals surface area contributed by atoms with Gasteiger partial charge in [0.05, 0.1) is 26.4 Å². The third kappa shape index (κ3) is 3.71. The highest BCUT2D eigenvalue weighted by molar-refractivity contribution is 7.21. The van der Waals surface area contributed by atoms with Crippen molar-refractivity contribution in [1.29, 1.82) is 0 Å². The molecule has 7 nitrogen and oxygen atoms in total. The fourth-order valence-electron chi connectivity index (χ4n) is 3.51. The Morgan fingerprint density at radius 2 is 1.72 bits per heavy atom. The van der Waals surface area contributed by atoms with Crippen molar-refractivity contribution in [3.8, 4) is 17.2 Å². The van der Waals surface area contributed by atoms with Gasteiger partial charge < -0.3 is 14.2 Å². The van der Waals surface area contributed by atoms with Crippen LogP contribution in [0.4, 0.5) is 0 Å². The van der Waals surface area contributed by atoms with Crippen molar-refractivity contribution in [3.63, 3.8) is 0 Å². The number of carbonyl (C=O) groups excluding carboxylic acids is 2. The number of carbonyl (C=O) groups is 2. The summed E-state index contributed by atoms with van der Waals surface area (Å²) in [6.07, 6.45) is 0. The molecular formula is C21H17Cl3N2O5S. The number of methoxy groups -OCH3 is 3. The first kappa shape index (κ1) is 22.8. The Balaban J connectivity index is 1.65. The van der Waals surface area contributed by atoms with E-state index in [1.165, 1.54) is 37.7 Å². The maximum Gasteiger partial charge on any atom is 0.281 e. The zero-order valence-electron chi connectivity index (χ0n) is 17.1. The number of β-lactam (4-membered cyclic amide) rings is 1. The van der Waals surface area contributed by atoms with Crippen LogP contribution in [0.2, 0.25) is 10.0 Å². The second-order valence-electron chi connectivity index (χ2n) is 6.84. The third-order valence-electron chi connectivity index (χ3n) is 5.07. The summed E-state index contributed by atoms with van der Waals surface area (Å²) in [6.45, 7) is 0. The second-order valence-corrected chi connectivity index (χ2v) is 9.18. The van der Waals surface area contributed by atoms with Gasteiger partial charge >= 0.3 is 0 Å². The Bertz CT molecular complexity index is 1210. The van der Waals surface area contributed by atoms with Gasteiger partial charge in [-0.25, -0.2) is 5.01 Å². The van der Waals surface area contributed by atoms with Gasteiger partial charge in [0.2, 0.25) is 5.75 Å². The van der Waals surface area contributed by atoms with Crippen LogP contribution < -0.4 is 19.6 Å². The smallest absolute Gasteiger partial charge is 0.281 e. The highest BCUT2D eigenvalue weighted by Gasteiger charge is 2.49. The van der Waals surface area contributed by atoms with E-state index < -0.39 is 23.2 Å². The summed E-state index contributed by atoms with van der Waals surface area (Å²) in [6, 6.07) is 7.91. The monoisotopic (exact) mass is 514 g/mol. The molecule has 0 saturated carbocycles. The van der Waals surface area contributed by atoms with Gasteiger partial charge in [-0.2, -0.15) is 0 Å². The standard InChI is InChI=1S/C21H17Cl3N2O5S/c1-29-12-6-9(7-13(30-2)18(12)31-3)17-16(24)21(28)26(17)25-20(27)19-15(23)11-8-10(22)4-5-14(11)32-19/h4-8,16-17H,1-3H3,(H,25,27). The summed E-state index contributed by atoms with van der Waals surface area (Å²) < 4.78 is 16.9. The van der Waals surface area contributed by atoms with Crippen LogP contribution in [-0.2, 0) is 4.79 Å². The number of thiophene rings is 1. The van der Waals surface area contributed by atoms with E-state index in [1.54, 1.807) is 30.3 Å². The molecule has 0 radical (unpaired) electrons. The van der Waals surface area contributed by atoms with Gasteiger partial charge in [-0.15, -0.1) is 22.9 Å². The van der Waals surface area contributed by atoms with Crippen LogP contribution in [0.3, 0.4) is 0 Å². The molecule has 1 N–H and O–H groups in total. The summed E-state index contributed by atoms with van der Waals surface area (Å²) in [4.78, 5) is 25.7. The SMILES string of the molecule is COc1cc(C2C(Cl)C(=O)N2NC(=O)c2sc3ccc(Cl)cc3c2Cl)cc(OC)c1OC. The molecule has 1 aliphatic rings. The van der Waals surface area contributed by atoms with Crippen molar-refractivity contribution >= 4 is 68.0 Å². The van der Waals surface area contributed by atoms with Crippen molar-refractivity contribution in [1.82, 2.24) is 10.4 Å². The number of nitrogens with one attached hydrogen (secondary N) is 1. The summed E-state index contributed by atoms with van der Waals surface area (Å²) in [7, 11) is 4.46. The number of ether oxygens (including phenoxy) is 3. The minimum absolute atomic E-state index is 0.262. The third-order valence-corrected chi connectivity index (χ3v) is 7.41. The number of alkyl halides is 1. The molecule has 0 aliphatic carbocycles. The molecule has 2 heterocycles. The number of hydrogen-bond donors (Lipinski definition) is 1. The average molecular weight is 516 g/mol. The lowest BCUT2D eigenvalue weighted by atomic mass is 9.94. The number of nitrogens with zero attached hydrogens (tertiary/aromatic N) is 1. The van der Waals surface area contributed by atoms with Crippen molar-refractivity contribution < 1.29 is 23.8 Å². The van der Waals surface area contributed by atoms with Gasteiger partial charge in [0, 0.05) is 15.1 Å². The minimum atomic E-state index is -0.880. The maximum atomic E-state index is 13.0. The highest BCUT2D eigenvalue weighted by Crippen LogP contribution is 2.45. The summed E-state index contributed by atoms with van der Waals surface area (Å²) >= 11 is 20.0. The topological polar surface area (TPSA) is 77.1 Å². The van der Waals surface area contributed by atoms with Gasteiger partial charge in [0.1, 0.15) is 16.3 Å². The van der Waals surface area contributed by atoms with Crippen molar-refractivity contribution in [2.75, 3.05) is 21.3 Å². The van der Waals surface area contributed by atoms with E-state index in [9.17, 15) is 9.59 Å². The van der Waals surface area contributed by atoms with Crippen LogP contribution in [0.5, 0.6) is 17.2 Å². The van der Waals surface area contributed by atoms with E-state index in [-0.39, 0.29) is 9.90 Å². The summed E-state index contributed by atoms with van der Waals surface area (Å²) in [5.74, 6) is 0.240. The number of fused-ring (bicyclic) bond motifs is 1. The van der Waals surface area contributed by atoms with Crippen molar-refractivity contribution in [2.45, 2.75) is 11.4 Å². The predicted molar refractivity (Wildman–Crippen MR) is 125 cm³/mol. The number of hydrazine groups is 1. The van der Waals surface area contributed by atoms with Crippen LogP contribution in [0, 0.1) is 0 Å². The van der Waals surface area contributed by atoms with Crippen LogP contribution in [0.25, 0.3) is 10.1 Å². The Labute approximate surface area is 202 Å². The minimum Gasteiger partial charge on any atom is -0.493 e. The first-order chi connectivity index (χ1) is 15.3. The lowest BCUT2D eigenvalue weighted by Crippen LogP contribution is -2.63. The van der Waals surface area contributed by atoms with Crippen LogP contribution in [-0.4, -0.2) is 43.5 Å². The Morgan fingerprint density at radius 3 is 2.31 bits per heavy atom. The normalized spacial score (nSPS) is 17.8. The van der Waals surface area contributed by atoms with E-state index in [4.69, 9.17) is 49.0 Å². The predicted octanol–water partition coefficient (Wildman–Crippen LogP) is 5.07. The molecule has 1 aliphatic heterocycles. The zero-order chi connectivity index (χ0) is 23.2. The zero-order valence-corrected chi connectivity index (χ0v) is 20.2. The molecule has 4 rings (SSSR count). The Kier molecular flexibility index (Phi) is 6.31. The molecule has 1 aromatic heterocycles. The number of rotatable bonds is 6. The molecule has 2 atom stereocenters. The van der Waals surface area contributed by atoms with Crippen molar-refractivity contribution in [2.24, 2.45) is 0 Å². The molecule has 2 unspecified atom stereocenters. The molecule has 0 spiro atoms.